The highest BCUT2D eigenvalue weighted by Crippen LogP contribution is 2.21. The van der Waals surface area contributed by atoms with Crippen molar-refractivity contribution in [3.63, 3.8) is 0 Å². The second-order valence-corrected chi connectivity index (χ2v) is 7.19. The Hall–Kier alpha value is -2.87. The van der Waals surface area contributed by atoms with Crippen LogP contribution in [0.25, 0.3) is 0 Å². The maximum Gasteiger partial charge on any atom is 0.411 e. The van der Waals surface area contributed by atoms with Gasteiger partial charge in [-0.2, -0.15) is 13.2 Å². The average Bonchev–Trinajstić information content (AvgIpc) is 3.13. The summed E-state index contributed by atoms with van der Waals surface area (Å²) >= 11 is 0. The molecule has 0 radical (unpaired) electrons. The molecule has 1 N–H and O–H groups in total. The predicted octanol–water partition coefficient (Wildman–Crippen LogP) is 3.75. The number of ether oxygens (including phenoxy) is 1. The van der Waals surface area contributed by atoms with Crippen molar-refractivity contribution in [2.24, 2.45) is 0 Å². The van der Waals surface area contributed by atoms with Crippen molar-refractivity contribution in [2.45, 2.75) is 38.6 Å². The van der Waals surface area contributed by atoms with Gasteiger partial charge in [-0.15, -0.1) is 0 Å². The molecule has 0 bridgehead atoms. The summed E-state index contributed by atoms with van der Waals surface area (Å²) in [5, 5.41) is 2.82. The van der Waals surface area contributed by atoms with Crippen LogP contribution in [-0.2, 0) is 33.9 Å². The minimum atomic E-state index is -4.34. The number of amides is 2. The molecule has 0 aliphatic carbocycles. The van der Waals surface area contributed by atoms with E-state index < -0.39 is 12.8 Å². The third-order valence-electron chi connectivity index (χ3n) is 4.73. The SMILES string of the molecule is O=C(Cc1ccc(N2CCCC2=O)cc1)NCc1ccc(COCC(F)(F)F)cc1. The highest BCUT2D eigenvalue weighted by atomic mass is 19.4. The summed E-state index contributed by atoms with van der Waals surface area (Å²) in [6, 6.07) is 14.2. The number of carbonyl (C=O) groups excluding carboxylic acids is 2. The fourth-order valence-corrected chi connectivity index (χ4v) is 3.20. The molecule has 0 saturated carbocycles. The van der Waals surface area contributed by atoms with Gasteiger partial charge in [0.25, 0.3) is 0 Å². The number of alkyl halides is 3. The van der Waals surface area contributed by atoms with Crippen LogP contribution in [0.15, 0.2) is 48.5 Å². The van der Waals surface area contributed by atoms with E-state index in [9.17, 15) is 22.8 Å². The molecule has 1 saturated heterocycles. The molecule has 1 fully saturated rings. The summed E-state index contributed by atoms with van der Waals surface area (Å²) in [5.41, 5.74) is 3.16. The summed E-state index contributed by atoms with van der Waals surface area (Å²) in [6.07, 6.45) is -2.68. The van der Waals surface area contributed by atoms with Gasteiger partial charge < -0.3 is 15.0 Å². The molecule has 3 rings (SSSR count). The third-order valence-corrected chi connectivity index (χ3v) is 4.73. The van der Waals surface area contributed by atoms with Gasteiger partial charge in [0.15, 0.2) is 0 Å². The van der Waals surface area contributed by atoms with Gasteiger partial charge in [0.2, 0.25) is 11.8 Å². The number of benzene rings is 2. The van der Waals surface area contributed by atoms with Crippen molar-refractivity contribution in [3.05, 3.63) is 65.2 Å². The molecule has 2 aromatic carbocycles. The van der Waals surface area contributed by atoms with Gasteiger partial charge in [0.05, 0.1) is 13.0 Å². The Morgan fingerprint density at radius 1 is 1.00 bits per heavy atom. The number of nitrogens with one attached hydrogen (secondary N) is 1. The lowest BCUT2D eigenvalue weighted by atomic mass is 10.1. The fourth-order valence-electron chi connectivity index (χ4n) is 3.20. The van der Waals surface area contributed by atoms with E-state index >= 15 is 0 Å². The lowest BCUT2D eigenvalue weighted by molar-refractivity contribution is -0.176. The van der Waals surface area contributed by atoms with Crippen LogP contribution in [0, 0.1) is 0 Å². The maximum absolute atomic E-state index is 12.2. The number of nitrogens with zero attached hydrogens (tertiary/aromatic N) is 1. The molecule has 8 heteroatoms. The van der Waals surface area contributed by atoms with E-state index in [1.54, 1.807) is 29.2 Å². The van der Waals surface area contributed by atoms with E-state index in [2.05, 4.69) is 10.1 Å². The molecule has 0 atom stereocenters. The molecule has 0 spiro atoms. The number of carbonyl (C=O) groups is 2. The van der Waals surface area contributed by atoms with Gasteiger partial charge in [-0.3, -0.25) is 9.59 Å². The van der Waals surface area contributed by atoms with Crippen LogP contribution in [0.3, 0.4) is 0 Å². The van der Waals surface area contributed by atoms with Gasteiger partial charge in [-0.25, -0.2) is 0 Å². The third kappa shape index (κ3) is 6.59. The Bertz CT molecular complexity index is 865. The first-order chi connectivity index (χ1) is 14.3. The van der Waals surface area contributed by atoms with Crippen LogP contribution in [-0.4, -0.2) is 31.1 Å². The molecule has 30 heavy (non-hydrogen) atoms. The molecule has 1 heterocycles. The highest BCUT2D eigenvalue weighted by molar-refractivity contribution is 5.95. The molecule has 1 aliphatic heterocycles. The van der Waals surface area contributed by atoms with Gasteiger partial charge in [0.1, 0.15) is 6.61 Å². The summed E-state index contributed by atoms with van der Waals surface area (Å²) in [4.78, 5) is 25.7. The second-order valence-electron chi connectivity index (χ2n) is 7.19. The first-order valence-electron chi connectivity index (χ1n) is 9.68. The maximum atomic E-state index is 12.2. The minimum Gasteiger partial charge on any atom is -0.367 e. The largest absolute Gasteiger partial charge is 0.411 e. The zero-order valence-corrected chi connectivity index (χ0v) is 16.4. The van der Waals surface area contributed by atoms with Crippen LogP contribution < -0.4 is 10.2 Å². The van der Waals surface area contributed by atoms with Crippen LogP contribution in [0.5, 0.6) is 0 Å². The average molecular weight is 420 g/mol. The Morgan fingerprint density at radius 3 is 2.23 bits per heavy atom. The van der Waals surface area contributed by atoms with Crippen molar-refractivity contribution < 1.29 is 27.5 Å². The van der Waals surface area contributed by atoms with Crippen LogP contribution >= 0.6 is 0 Å². The fraction of sp³-hybridized carbons (Fsp3) is 0.364. The summed E-state index contributed by atoms with van der Waals surface area (Å²) in [6.45, 7) is -0.347. The normalized spacial score (nSPS) is 14.2. The number of anilines is 1. The zero-order valence-electron chi connectivity index (χ0n) is 16.4. The Labute approximate surface area is 172 Å². The number of hydrogen-bond donors (Lipinski definition) is 1. The Balaban J connectivity index is 1.42. The molecule has 0 unspecified atom stereocenters. The van der Waals surface area contributed by atoms with Crippen LogP contribution in [0.4, 0.5) is 18.9 Å². The molecule has 1 aliphatic rings. The van der Waals surface area contributed by atoms with Crippen molar-refractivity contribution in [2.75, 3.05) is 18.1 Å². The standard InChI is InChI=1S/C22H23F3N2O3/c23-22(24,25)15-30-14-18-5-3-17(4-6-18)13-26-20(28)12-16-7-9-19(10-8-16)27-11-1-2-21(27)29/h3-10H,1-2,11-15H2,(H,26,28). The van der Waals surface area contributed by atoms with E-state index in [0.29, 0.717) is 18.5 Å². The summed E-state index contributed by atoms with van der Waals surface area (Å²) < 4.78 is 40.9. The van der Waals surface area contributed by atoms with E-state index in [1.807, 2.05) is 24.3 Å². The lowest BCUT2D eigenvalue weighted by Crippen LogP contribution is -2.25. The number of halogens is 3. The first-order valence-corrected chi connectivity index (χ1v) is 9.68. The Kier molecular flexibility index (Phi) is 7.10. The second kappa shape index (κ2) is 9.75. The first kappa shape index (κ1) is 21.8. The Morgan fingerprint density at radius 2 is 1.63 bits per heavy atom. The molecule has 0 aromatic heterocycles. The molecular weight excluding hydrogens is 397 g/mol. The topological polar surface area (TPSA) is 58.6 Å². The summed E-state index contributed by atoms with van der Waals surface area (Å²) in [7, 11) is 0. The lowest BCUT2D eigenvalue weighted by Gasteiger charge is -2.15. The molecule has 2 aromatic rings. The van der Waals surface area contributed by atoms with Gasteiger partial charge in [-0.05, 0) is 35.2 Å². The van der Waals surface area contributed by atoms with Gasteiger partial charge >= 0.3 is 6.18 Å². The van der Waals surface area contributed by atoms with Crippen molar-refractivity contribution in [1.82, 2.24) is 5.32 Å². The molecular formula is C22H23F3N2O3. The van der Waals surface area contributed by atoms with Crippen LogP contribution in [0.1, 0.15) is 29.5 Å². The number of hydrogen-bond acceptors (Lipinski definition) is 3. The highest BCUT2D eigenvalue weighted by Gasteiger charge is 2.27. The number of rotatable bonds is 8. The molecule has 160 valence electrons. The smallest absolute Gasteiger partial charge is 0.367 e. The van der Waals surface area contributed by atoms with E-state index in [1.165, 1.54) is 0 Å². The van der Waals surface area contributed by atoms with Crippen molar-refractivity contribution in [3.8, 4) is 0 Å². The predicted molar refractivity (Wildman–Crippen MR) is 106 cm³/mol. The van der Waals surface area contributed by atoms with Gasteiger partial charge in [-0.1, -0.05) is 36.4 Å². The van der Waals surface area contributed by atoms with Crippen LogP contribution in [0.2, 0.25) is 0 Å². The summed E-state index contributed by atoms with van der Waals surface area (Å²) in [5.74, 6) is -0.0176. The van der Waals surface area contributed by atoms with E-state index in [0.717, 1.165) is 29.8 Å². The monoisotopic (exact) mass is 420 g/mol. The molecule has 5 nitrogen and oxygen atoms in total. The molecule has 2 amide bonds. The van der Waals surface area contributed by atoms with Crippen molar-refractivity contribution >= 4 is 17.5 Å². The van der Waals surface area contributed by atoms with E-state index in [-0.39, 0.29) is 24.8 Å². The minimum absolute atomic E-state index is 0.120. The quantitative estimate of drug-likeness (QED) is 0.708. The zero-order chi connectivity index (χ0) is 21.6. The van der Waals surface area contributed by atoms with Crippen molar-refractivity contribution in [1.29, 1.82) is 0 Å². The van der Waals surface area contributed by atoms with Gasteiger partial charge in [0, 0.05) is 25.2 Å². The van der Waals surface area contributed by atoms with E-state index in [4.69, 9.17) is 0 Å².